The number of hydrogen-bond donors (Lipinski definition) is 2. The van der Waals surface area contributed by atoms with Crippen molar-refractivity contribution in [3.8, 4) is 0 Å². The third-order valence-electron chi connectivity index (χ3n) is 2.32. The van der Waals surface area contributed by atoms with Crippen LogP contribution in [0.1, 0.15) is 5.56 Å². The predicted molar refractivity (Wildman–Crippen MR) is 69.0 cm³/mol. The second-order valence-corrected chi connectivity index (χ2v) is 3.71. The number of pyridine rings is 2. The van der Waals surface area contributed by atoms with Gasteiger partial charge in [0.05, 0.1) is 0 Å². The van der Waals surface area contributed by atoms with E-state index in [-0.39, 0.29) is 6.54 Å². The monoisotopic (exact) mass is 256 g/mol. The first-order valence-corrected chi connectivity index (χ1v) is 5.65. The molecule has 0 radical (unpaired) electrons. The van der Waals surface area contributed by atoms with E-state index in [1.54, 1.807) is 42.7 Å². The fraction of sp³-hybridized carbons (Fsp3) is 0.0769. The SMILES string of the molecule is O=C(NCc1ccncc1)C(=O)Nc1ccccn1. The van der Waals surface area contributed by atoms with Crippen molar-refractivity contribution < 1.29 is 9.59 Å². The quantitative estimate of drug-likeness (QED) is 0.793. The minimum absolute atomic E-state index is 0.275. The normalized spacial score (nSPS) is 9.68. The fourth-order valence-corrected chi connectivity index (χ4v) is 1.37. The largest absolute Gasteiger partial charge is 0.344 e. The van der Waals surface area contributed by atoms with Crippen LogP contribution in [0.2, 0.25) is 0 Å². The minimum atomic E-state index is -0.743. The Morgan fingerprint density at radius 2 is 1.79 bits per heavy atom. The first kappa shape index (κ1) is 12.7. The third kappa shape index (κ3) is 3.88. The molecule has 0 unspecified atom stereocenters. The number of aromatic nitrogens is 2. The number of anilines is 1. The molecule has 0 fully saturated rings. The maximum absolute atomic E-state index is 11.6. The summed E-state index contributed by atoms with van der Waals surface area (Å²) in [6, 6.07) is 8.57. The van der Waals surface area contributed by atoms with Crippen LogP contribution < -0.4 is 10.6 Å². The van der Waals surface area contributed by atoms with Crippen molar-refractivity contribution >= 4 is 17.6 Å². The lowest BCUT2D eigenvalue weighted by atomic mass is 10.3. The molecule has 0 aliphatic rings. The fourth-order valence-electron chi connectivity index (χ4n) is 1.37. The Kier molecular flexibility index (Phi) is 4.17. The standard InChI is InChI=1S/C13H12N4O2/c18-12(16-9-10-4-7-14-8-5-10)13(19)17-11-3-1-2-6-15-11/h1-8H,9H2,(H,16,18)(H,15,17,19). The smallest absolute Gasteiger partial charge is 0.314 e. The maximum atomic E-state index is 11.6. The number of amides is 2. The number of nitrogens with one attached hydrogen (secondary N) is 2. The van der Waals surface area contributed by atoms with Gasteiger partial charge in [-0.1, -0.05) is 6.07 Å². The number of rotatable bonds is 3. The second kappa shape index (κ2) is 6.25. The van der Waals surface area contributed by atoms with E-state index in [0.717, 1.165) is 5.56 Å². The highest BCUT2D eigenvalue weighted by Crippen LogP contribution is 1.99. The van der Waals surface area contributed by atoms with Crippen molar-refractivity contribution in [2.75, 3.05) is 5.32 Å². The van der Waals surface area contributed by atoms with E-state index in [9.17, 15) is 9.59 Å². The highest BCUT2D eigenvalue weighted by molar-refractivity contribution is 6.39. The van der Waals surface area contributed by atoms with Gasteiger partial charge >= 0.3 is 11.8 Å². The Hall–Kier alpha value is -2.76. The molecule has 96 valence electrons. The van der Waals surface area contributed by atoms with Gasteiger partial charge in [-0.2, -0.15) is 0 Å². The van der Waals surface area contributed by atoms with E-state index < -0.39 is 11.8 Å². The van der Waals surface area contributed by atoms with Gasteiger partial charge in [0.2, 0.25) is 0 Å². The van der Waals surface area contributed by atoms with Crippen molar-refractivity contribution in [1.82, 2.24) is 15.3 Å². The van der Waals surface area contributed by atoms with Crippen LogP contribution in [0.15, 0.2) is 48.9 Å². The van der Waals surface area contributed by atoms with Crippen molar-refractivity contribution in [3.05, 3.63) is 54.5 Å². The van der Waals surface area contributed by atoms with Gasteiger partial charge in [-0.3, -0.25) is 14.6 Å². The summed E-state index contributed by atoms with van der Waals surface area (Å²) in [7, 11) is 0. The van der Waals surface area contributed by atoms with E-state index >= 15 is 0 Å². The van der Waals surface area contributed by atoms with Crippen molar-refractivity contribution in [1.29, 1.82) is 0 Å². The van der Waals surface area contributed by atoms with Crippen molar-refractivity contribution in [3.63, 3.8) is 0 Å². The Morgan fingerprint density at radius 3 is 2.47 bits per heavy atom. The molecule has 0 aliphatic carbocycles. The Morgan fingerprint density at radius 1 is 1.00 bits per heavy atom. The average Bonchev–Trinajstić information content (AvgIpc) is 2.47. The van der Waals surface area contributed by atoms with Gasteiger partial charge in [-0.25, -0.2) is 4.98 Å². The minimum Gasteiger partial charge on any atom is -0.344 e. The molecule has 0 saturated heterocycles. The van der Waals surface area contributed by atoms with Crippen LogP contribution in [0.25, 0.3) is 0 Å². The molecule has 0 saturated carbocycles. The zero-order valence-corrected chi connectivity index (χ0v) is 10.0. The van der Waals surface area contributed by atoms with Gasteiger partial charge in [-0.05, 0) is 29.8 Å². The summed E-state index contributed by atoms with van der Waals surface area (Å²) in [6.45, 7) is 0.275. The summed E-state index contributed by atoms with van der Waals surface area (Å²) in [5.74, 6) is -1.11. The molecule has 2 aromatic heterocycles. The first-order valence-electron chi connectivity index (χ1n) is 5.65. The van der Waals surface area contributed by atoms with Gasteiger partial charge in [0.15, 0.2) is 0 Å². The number of carbonyl (C=O) groups excluding carboxylic acids is 2. The van der Waals surface area contributed by atoms with Crippen LogP contribution in [-0.4, -0.2) is 21.8 Å². The van der Waals surface area contributed by atoms with Crippen LogP contribution in [-0.2, 0) is 16.1 Å². The topological polar surface area (TPSA) is 84.0 Å². The number of carbonyl (C=O) groups is 2. The summed E-state index contributed by atoms with van der Waals surface area (Å²) >= 11 is 0. The van der Waals surface area contributed by atoms with Gasteiger partial charge in [-0.15, -0.1) is 0 Å². The molecular formula is C13H12N4O2. The molecule has 2 amide bonds. The first-order chi connectivity index (χ1) is 9.25. The zero-order valence-electron chi connectivity index (χ0n) is 10.0. The Bertz CT molecular complexity index is 557. The van der Waals surface area contributed by atoms with Crippen LogP contribution in [0, 0.1) is 0 Å². The molecule has 0 atom stereocenters. The number of nitrogens with zero attached hydrogens (tertiary/aromatic N) is 2. The van der Waals surface area contributed by atoms with E-state index in [4.69, 9.17) is 0 Å². The van der Waals surface area contributed by atoms with E-state index in [0.29, 0.717) is 5.82 Å². The summed E-state index contributed by atoms with van der Waals surface area (Å²) in [5.41, 5.74) is 0.869. The lowest BCUT2D eigenvalue weighted by Gasteiger charge is -2.05. The van der Waals surface area contributed by atoms with Gasteiger partial charge in [0.25, 0.3) is 0 Å². The summed E-state index contributed by atoms with van der Waals surface area (Å²) in [4.78, 5) is 30.9. The summed E-state index contributed by atoms with van der Waals surface area (Å²) in [6.07, 6.45) is 4.77. The second-order valence-electron chi connectivity index (χ2n) is 3.71. The van der Waals surface area contributed by atoms with E-state index in [2.05, 4.69) is 20.6 Å². The van der Waals surface area contributed by atoms with E-state index in [1.807, 2.05) is 0 Å². The molecule has 6 nitrogen and oxygen atoms in total. The Labute approximate surface area is 109 Å². The zero-order chi connectivity index (χ0) is 13.5. The van der Waals surface area contributed by atoms with Gasteiger partial charge in [0.1, 0.15) is 5.82 Å². The third-order valence-corrected chi connectivity index (χ3v) is 2.32. The highest BCUT2D eigenvalue weighted by Gasteiger charge is 2.13. The molecule has 6 heteroatoms. The van der Waals surface area contributed by atoms with E-state index in [1.165, 1.54) is 6.20 Å². The highest BCUT2D eigenvalue weighted by atomic mass is 16.2. The maximum Gasteiger partial charge on any atom is 0.314 e. The molecule has 0 bridgehead atoms. The number of hydrogen-bond acceptors (Lipinski definition) is 4. The molecule has 0 spiro atoms. The van der Waals surface area contributed by atoms with Gasteiger partial charge in [0, 0.05) is 25.1 Å². The average molecular weight is 256 g/mol. The predicted octanol–water partition coefficient (Wildman–Crippen LogP) is 0.731. The van der Waals surface area contributed by atoms with Crippen LogP contribution in [0.5, 0.6) is 0 Å². The molecule has 2 heterocycles. The molecular weight excluding hydrogens is 244 g/mol. The molecule has 0 aliphatic heterocycles. The van der Waals surface area contributed by atoms with Gasteiger partial charge < -0.3 is 10.6 Å². The molecule has 2 N–H and O–H groups in total. The lowest BCUT2D eigenvalue weighted by molar-refractivity contribution is -0.136. The molecule has 0 aromatic carbocycles. The summed E-state index contributed by atoms with van der Waals surface area (Å²) in [5, 5.41) is 4.92. The molecule has 19 heavy (non-hydrogen) atoms. The lowest BCUT2D eigenvalue weighted by Crippen LogP contribution is -2.35. The molecule has 2 rings (SSSR count). The van der Waals surface area contributed by atoms with Crippen LogP contribution >= 0.6 is 0 Å². The van der Waals surface area contributed by atoms with Crippen LogP contribution in [0.3, 0.4) is 0 Å². The van der Waals surface area contributed by atoms with Crippen molar-refractivity contribution in [2.45, 2.75) is 6.54 Å². The van der Waals surface area contributed by atoms with Crippen molar-refractivity contribution in [2.24, 2.45) is 0 Å². The molecule has 2 aromatic rings. The summed E-state index contributed by atoms with van der Waals surface area (Å²) < 4.78 is 0. The Balaban J connectivity index is 1.85. The van der Waals surface area contributed by atoms with Crippen LogP contribution in [0.4, 0.5) is 5.82 Å².